The fourth-order valence-corrected chi connectivity index (χ4v) is 8.59. The van der Waals surface area contributed by atoms with Crippen LogP contribution in [0, 0.1) is 0 Å². The molecule has 1 aliphatic carbocycles. The predicted molar refractivity (Wildman–Crippen MR) is 178 cm³/mol. The molecule has 1 heterocycles. The monoisotopic (exact) mass is 574 g/mol. The molecule has 0 N–H and O–H groups in total. The Hall–Kier alpha value is -4.85. The third kappa shape index (κ3) is 5.29. The van der Waals surface area contributed by atoms with Crippen molar-refractivity contribution >= 4 is 30.3 Å². The first-order valence-corrected chi connectivity index (χ1v) is 16.0. The predicted octanol–water partition coefficient (Wildman–Crippen LogP) is 8.37. The standard InChI is InChI=1S/C39H31N2OP/c42-39(31-21-10-3-11-22-31)41-37(30-19-8-2-9-20-30)36(29-17-6-1-7-18-29)40-38(41)34-27-16-28-35(34)43(32-23-12-4-13-24-32)33-25-14-5-15-26-33/h1-26,28,36-37H,27H2/t36-,37-/m1/s1. The minimum Gasteiger partial charge on any atom is -0.283 e. The van der Waals surface area contributed by atoms with Crippen molar-refractivity contribution in [2.45, 2.75) is 18.5 Å². The van der Waals surface area contributed by atoms with Gasteiger partial charge in [-0.3, -0.25) is 14.7 Å². The Morgan fingerprint density at radius 1 is 0.628 bits per heavy atom. The van der Waals surface area contributed by atoms with E-state index >= 15 is 0 Å². The van der Waals surface area contributed by atoms with Crippen LogP contribution in [0.25, 0.3) is 0 Å². The third-order valence-corrected chi connectivity index (χ3v) is 10.6. The summed E-state index contributed by atoms with van der Waals surface area (Å²) in [6.07, 6.45) is 5.23. The number of aliphatic imine (C=N–C) groups is 1. The van der Waals surface area contributed by atoms with Crippen LogP contribution < -0.4 is 10.6 Å². The number of amides is 1. The van der Waals surface area contributed by atoms with Crippen LogP contribution in [-0.2, 0) is 0 Å². The minimum atomic E-state index is -0.863. The maximum Gasteiger partial charge on any atom is 0.260 e. The third-order valence-electron chi connectivity index (χ3n) is 8.04. The van der Waals surface area contributed by atoms with Gasteiger partial charge in [0.05, 0.1) is 6.04 Å². The molecule has 3 nitrogen and oxygen atoms in total. The fourth-order valence-electron chi connectivity index (χ4n) is 6.08. The number of rotatable bonds is 7. The maximum atomic E-state index is 14.6. The van der Waals surface area contributed by atoms with Crippen molar-refractivity contribution < 1.29 is 4.79 Å². The molecule has 2 aliphatic rings. The van der Waals surface area contributed by atoms with Crippen LogP contribution in [0.3, 0.4) is 0 Å². The molecule has 2 atom stereocenters. The molecule has 0 aromatic heterocycles. The zero-order chi connectivity index (χ0) is 29.0. The number of hydrogen-bond acceptors (Lipinski definition) is 2. The number of allylic oxidation sites excluding steroid dienone is 3. The van der Waals surface area contributed by atoms with Crippen molar-refractivity contribution in [3.63, 3.8) is 0 Å². The van der Waals surface area contributed by atoms with Crippen molar-refractivity contribution in [1.82, 2.24) is 4.90 Å². The second-order valence-corrected chi connectivity index (χ2v) is 12.9. The van der Waals surface area contributed by atoms with Crippen LogP contribution in [0.15, 0.2) is 180 Å². The van der Waals surface area contributed by atoms with Crippen molar-refractivity contribution in [3.05, 3.63) is 191 Å². The number of carbonyl (C=O) groups is 1. The lowest BCUT2D eigenvalue weighted by atomic mass is 9.93. The lowest BCUT2D eigenvalue weighted by Crippen LogP contribution is -2.38. The minimum absolute atomic E-state index is 0.0332. The lowest BCUT2D eigenvalue weighted by molar-refractivity contribution is 0.0804. The van der Waals surface area contributed by atoms with Crippen LogP contribution in [0.4, 0.5) is 0 Å². The molecule has 0 fully saturated rings. The van der Waals surface area contributed by atoms with E-state index in [-0.39, 0.29) is 18.0 Å². The van der Waals surface area contributed by atoms with Gasteiger partial charge in [-0.2, -0.15) is 0 Å². The molecule has 0 saturated heterocycles. The van der Waals surface area contributed by atoms with E-state index in [4.69, 9.17) is 4.99 Å². The fraction of sp³-hybridized carbons (Fsp3) is 0.0769. The molecule has 0 bridgehead atoms. The van der Waals surface area contributed by atoms with Gasteiger partial charge in [0.15, 0.2) is 0 Å². The Kier molecular flexibility index (Phi) is 7.65. The molecule has 1 amide bonds. The molecule has 7 rings (SSSR count). The number of carbonyl (C=O) groups excluding carboxylic acids is 1. The van der Waals surface area contributed by atoms with E-state index in [1.54, 1.807) is 0 Å². The summed E-state index contributed by atoms with van der Waals surface area (Å²) < 4.78 is 0. The molecule has 43 heavy (non-hydrogen) atoms. The van der Waals surface area contributed by atoms with Gasteiger partial charge in [-0.05, 0) is 53.5 Å². The topological polar surface area (TPSA) is 32.7 Å². The van der Waals surface area contributed by atoms with Crippen LogP contribution in [0.2, 0.25) is 0 Å². The highest BCUT2D eigenvalue weighted by Crippen LogP contribution is 2.51. The summed E-state index contributed by atoms with van der Waals surface area (Å²) in [5.41, 5.74) is 3.95. The number of benzene rings is 5. The average Bonchev–Trinajstić information content (AvgIpc) is 3.72. The van der Waals surface area contributed by atoms with E-state index in [0.717, 1.165) is 29.0 Å². The number of amidine groups is 1. The van der Waals surface area contributed by atoms with Gasteiger partial charge in [0, 0.05) is 11.1 Å². The molecule has 208 valence electrons. The van der Waals surface area contributed by atoms with E-state index < -0.39 is 7.92 Å². The molecular weight excluding hydrogens is 543 g/mol. The first kappa shape index (κ1) is 27.0. The van der Waals surface area contributed by atoms with Crippen molar-refractivity contribution in [2.75, 3.05) is 0 Å². The Labute approximate surface area is 254 Å². The van der Waals surface area contributed by atoms with Gasteiger partial charge in [-0.15, -0.1) is 0 Å². The summed E-state index contributed by atoms with van der Waals surface area (Å²) in [5, 5.41) is 3.81. The highest BCUT2D eigenvalue weighted by atomic mass is 31.1. The molecule has 5 aromatic carbocycles. The summed E-state index contributed by atoms with van der Waals surface area (Å²) in [5.74, 6) is 0.741. The maximum absolute atomic E-state index is 14.6. The van der Waals surface area contributed by atoms with E-state index in [9.17, 15) is 4.79 Å². The highest BCUT2D eigenvalue weighted by Gasteiger charge is 2.44. The molecule has 0 spiro atoms. The molecule has 1 aliphatic heterocycles. The second-order valence-electron chi connectivity index (χ2n) is 10.7. The Morgan fingerprint density at radius 3 is 1.67 bits per heavy atom. The summed E-state index contributed by atoms with van der Waals surface area (Å²) in [6, 6.07) is 51.3. The van der Waals surface area contributed by atoms with E-state index in [2.05, 4.69) is 109 Å². The highest BCUT2D eigenvalue weighted by molar-refractivity contribution is 7.77. The number of hydrogen-bond donors (Lipinski definition) is 0. The van der Waals surface area contributed by atoms with E-state index in [1.165, 1.54) is 15.9 Å². The zero-order valence-corrected chi connectivity index (χ0v) is 24.6. The van der Waals surface area contributed by atoms with E-state index in [0.29, 0.717) is 5.56 Å². The van der Waals surface area contributed by atoms with Gasteiger partial charge in [0.1, 0.15) is 11.9 Å². The lowest BCUT2D eigenvalue weighted by Gasteiger charge is -2.31. The van der Waals surface area contributed by atoms with Crippen molar-refractivity contribution in [1.29, 1.82) is 0 Å². The van der Waals surface area contributed by atoms with Crippen LogP contribution >= 0.6 is 7.92 Å². The normalized spacial score (nSPS) is 17.9. The van der Waals surface area contributed by atoms with Gasteiger partial charge >= 0.3 is 0 Å². The Balaban J connectivity index is 1.45. The van der Waals surface area contributed by atoms with Crippen molar-refractivity contribution in [3.8, 4) is 0 Å². The molecule has 0 unspecified atom stereocenters. The first-order chi connectivity index (χ1) is 21.3. The largest absolute Gasteiger partial charge is 0.283 e. The summed E-state index contributed by atoms with van der Waals surface area (Å²) in [6.45, 7) is 0. The Bertz CT molecular complexity index is 1760. The average molecular weight is 575 g/mol. The molecule has 0 radical (unpaired) electrons. The molecule has 0 saturated carbocycles. The summed E-state index contributed by atoms with van der Waals surface area (Å²) in [7, 11) is -0.863. The van der Waals surface area contributed by atoms with Gasteiger partial charge in [-0.1, -0.05) is 152 Å². The van der Waals surface area contributed by atoms with Crippen LogP contribution in [-0.4, -0.2) is 16.6 Å². The van der Waals surface area contributed by atoms with E-state index in [1.807, 2.05) is 59.5 Å². The summed E-state index contributed by atoms with van der Waals surface area (Å²) >= 11 is 0. The van der Waals surface area contributed by atoms with Gasteiger partial charge < -0.3 is 0 Å². The number of nitrogens with zero attached hydrogens (tertiary/aromatic N) is 2. The van der Waals surface area contributed by atoms with Crippen LogP contribution in [0.5, 0.6) is 0 Å². The molecule has 4 heteroatoms. The zero-order valence-electron chi connectivity index (χ0n) is 23.7. The smallest absolute Gasteiger partial charge is 0.260 e. The van der Waals surface area contributed by atoms with Crippen molar-refractivity contribution in [2.24, 2.45) is 4.99 Å². The summed E-state index contributed by atoms with van der Waals surface area (Å²) in [4.78, 5) is 22.1. The quantitative estimate of drug-likeness (QED) is 0.180. The molecule has 5 aromatic rings. The SMILES string of the molecule is O=C(c1ccccc1)N1C(C2=C(P(c3ccccc3)c3ccccc3)C=CC2)=N[C@H](c2ccccc2)[C@H]1c1ccccc1. The van der Waals surface area contributed by atoms with Gasteiger partial charge in [0.25, 0.3) is 5.91 Å². The first-order valence-electron chi connectivity index (χ1n) is 14.7. The molecular formula is C39H31N2OP. The Morgan fingerprint density at radius 2 is 1.12 bits per heavy atom. The van der Waals surface area contributed by atoms with Crippen LogP contribution in [0.1, 0.15) is 40.0 Å². The van der Waals surface area contributed by atoms with Gasteiger partial charge in [-0.25, -0.2) is 0 Å². The second kappa shape index (κ2) is 12.2. The van der Waals surface area contributed by atoms with Gasteiger partial charge in [0.2, 0.25) is 0 Å².